The number of hydrogen-bond acceptors (Lipinski definition) is 7. The molecule has 29 heavy (non-hydrogen) atoms. The quantitative estimate of drug-likeness (QED) is 0.329. The van der Waals surface area contributed by atoms with E-state index in [0.717, 1.165) is 13.1 Å². The summed E-state index contributed by atoms with van der Waals surface area (Å²) in [5.41, 5.74) is 0.139. The summed E-state index contributed by atoms with van der Waals surface area (Å²) in [4.78, 5) is 25.1. The van der Waals surface area contributed by atoms with Crippen molar-refractivity contribution >= 4 is 17.7 Å². The molecule has 3 rings (SSSR count). The normalized spacial score (nSPS) is 14.9. The minimum atomic E-state index is -0.496. The Bertz CT molecular complexity index is 954. The zero-order valence-electron chi connectivity index (χ0n) is 15.7. The summed E-state index contributed by atoms with van der Waals surface area (Å²) >= 11 is 0. The van der Waals surface area contributed by atoms with Gasteiger partial charge in [0, 0.05) is 38.3 Å². The van der Waals surface area contributed by atoms with Crippen molar-refractivity contribution in [3.63, 3.8) is 0 Å². The third-order valence-electron chi connectivity index (χ3n) is 4.46. The van der Waals surface area contributed by atoms with Crippen molar-refractivity contribution in [1.29, 1.82) is 5.26 Å². The number of nitrogens with zero attached hydrogens (tertiary/aromatic N) is 3. The molecule has 1 aliphatic heterocycles. The van der Waals surface area contributed by atoms with Gasteiger partial charge in [0.25, 0.3) is 11.6 Å². The fraction of sp³-hybridized carbons (Fsp3) is 0.300. The zero-order chi connectivity index (χ0) is 20.6. The van der Waals surface area contributed by atoms with E-state index in [-0.39, 0.29) is 22.8 Å². The van der Waals surface area contributed by atoms with Gasteiger partial charge in [-0.3, -0.25) is 19.8 Å². The fourth-order valence-corrected chi connectivity index (χ4v) is 2.95. The van der Waals surface area contributed by atoms with Gasteiger partial charge in [0.2, 0.25) is 0 Å². The molecule has 0 spiro atoms. The lowest BCUT2D eigenvalue weighted by molar-refractivity contribution is -0.384. The Morgan fingerprint density at radius 2 is 2.03 bits per heavy atom. The van der Waals surface area contributed by atoms with E-state index in [1.807, 2.05) is 6.07 Å². The number of para-hydroxylation sites is 1. The maximum absolute atomic E-state index is 12.3. The summed E-state index contributed by atoms with van der Waals surface area (Å²) in [6.45, 7) is 4.08. The SMILES string of the molecule is N#C/C(=C\c1ccc(-c2ccccc2[N+](=O)[O-])o1)C(=O)NCCN1CCOCC1. The predicted molar refractivity (Wildman–Crippen MR) is 105 cm³/mol. The second-order valence-electron chi connectivity index (χ2n) is 6.36. The standard InChI is InChI=1S/C20H20N4O5/c21-14-15(20(25)22-7-8-23-9-11-28-12-10-23)13-16-5-6-19(29-16)17-3-1-2-4-18(17)24(26)27/h1-6,13H,7-12H2,(H,22,25)/b15-13+. The molecule has 150 valence electrons. The molecule has 9 nitrogen and oxygen atoms in total. The minimum Gasteiger partial charge on any atom is -0.456 e. The number of hydrogen-bond donors (Lipinski definition) is 1. The Morgan fingerprint density at radius 3 is 2.76 bits per heavy atom. The van der Waals surface area contributed by atoms with Gasteiger partial charge in [0.15, 0.2) is 0 Å². The number of carbonyl (C=O) groups is 1. The third kappa shape index (κ3) is 5.28. The Hall–Kier alpha value is -3.48. The highest BCUT2D eigenvalue weighted by molar-refractivity contribution is 6.01. The zero-order valence-corrected chi connectivity index (χ0v) is 15.7. The lowest BCUT2D eigenvalue weighted by atomic mass is 10.1. The Balaban J connectivity index is 1.66. The molecular weight excluding hydrogens is 376 g/mol. The van der Waals surface area contributed by atoms with E-state index in [9.17, 15) is 20.2 Å². The molecule has 0 atom stereocenters. The van der Waals surface area contributed by atoms with Crippen molar-refractivity contribution in [2.24, 2.45) is 0 Å². The summed E-state index contributed by atoms with van der Waals surface area (Å²) in [6.07, 6.45) is 1.32. The molecule has 9 heteroatoms. The van der Waals surface area contributed by atoms with E-state index in [0.29, 0.717) is 31.9 Å². The average Bonchev–Trinajstić information content (AvgIpc) is 3.21. The highest BCUT2D eigenvalue weighted by Gasteiger charge is 2.18. The Labute approximate surface area is 167 Å². The van der Waals surface area contributed by atoms with Crippen molar-refractivity contribution in [3.05, 3.63) is 57.8 Å². The second-order valence-corrected chi connectivity index (χ2v) is 6.36. The third-order valence-corrected chi connectivity index (χ3v) is 4.46. The molecule has 1 amide bonds. The van der Waals surface area contributed by atoms with Gasteiger partial charge in [0.1, 0.15) is 23.2 Å². The van der Waals surface area contributed by atoms with Crippen LogP contribution in [0.1, 0.15) is 5.76 Å². The number of nitrogens with one attached hydrogen (secondary N) is 1. The Morgan fingerprint density at radius 1 is 1.28 bits per heavy atom. The van der Waals surface area contributed by atoms with Crippen LogP contribution in [0.2, 0.25) is 0 Å². The molecule has 0 radical (unpaired) electrons. The molecular formula is C20H20N4O5. The van der Waals surface area contributed by atoms with Crippen LogP contribution in [0.15, 0.2) is 46.4 Å². The largest absolute Gasteiger partial charge is 0.456 e. The number of carbonyl (C=O) groups excluding carboxylic acids is 1. The lowest BCUT2D eigenvalue weighted by Crippen LogP contribution is -2.41. The van der Waals surface area contributed by atoms with Crippen LogP contribution in [0.25, 0.3) is 17.4 Å². The van der Waals surface area contributed by atoms with Crippen molar-refractivity contribution < 1.29 is 18.9 Å². The molecule has 0 unspecified atom stereocenters. The van der Waals surface area contributed by atoms with Gasteiger partial charge in [-0.1, -0.05) is 12.1 Å². The number of furan rings is 1. The maximum Gasteiger partial charge on any atom is 0.280 e. The van der Waals surface area contributed by atoms with E-state index in [2.05, 4.69) is 10.2 Å². The van der Waals surface area contributed by atoms with Crippen LogP contribution in [-0.4, -0.2) is 55.1 Å². The van der Waals surface area contributed by atoms with Gasteiger partial charge >= 0.3 is 0 Å². The number of nitro benzene ring substituents is 1. The molecule has 1 fully saturated rings. The van der Waals surface area contributed by atoms with Gasteiger partial charge in [0.05, 0.1) is 23.7 Å². The monoisotopic (exact) mass is 396 g/mol. The lowest BCUT2D eigenvalue weighted by Gasteiger charge is -2.26. The Kier molecular flexibility index (Phi) is 6.73. The number of morpholine rings is 1. The summed E-state index contributed by atoms with van der Waals surface area (Å²) in [5.74, 6) is 0.0518. The summed E-state index contributed by atoms with van der Waals surface area (Å²) < 4.78 is 10.9. The van der Waals surface area contributed by atoms with Crippen molar-refractivity contribution in [1.82, 2.24) is 10.2 Å². The number of amides is 1. The van der Waals surface area contributed by atoms with Crippen molar-refractivity contribution in [2.45, 2.75) is 0 Å². The van der Waals surface area contributed by atoms with Crippen LogP contribution in [0.4, 0.5) is 5.69 Å². The number of nitriles is 1. The molecule has 0 saturated carbocycles. The molecule has 0 bridgehead atoms. The van der Waals surface area contributed by atoms with Gasteiger partial charge < -0.3 is 14.5 Å². The van der Waals surface area contributed by atoms with Crippen LogP contribution < -0.4 is 5.32 Å². The number of ether oxygens (including phenoxy) is 1. The molecule has 1 N–H and O–H groups in total. The molecule has 2 heterocycles. The summed E-state index contributed by atoms with van der Waals surface area (Å²) in [6, 6.07) is 11.2. The molecule has 0 aliphatic carbocycles. The first-order chi connectivity index (χ1) is 14.1. The van der Waals surface area contributed by atoms with Crippen LogP contribution in [0.3, 0.4) is 0 Å². The van der Waals surface area contributed by atoms with Gasteiger partial charge in [-0.25, -0.2) is 0 Å². The average molecular weight is 396 g/mol. The van der Waals surface area contributed by atoms with E-state index in [1.54, 1.807) is 30.3 Å². The van der Waals surface area contributed by atoms with Gasteiger partial charge in [-0.05, 0) is 18.2 Å². The van der Waals surface area contributed by atoms with E-state index >= 15 is 0 Å². The number of nitro groups is 1. The van der Waals surface area contributed by atoms with Gasteiger partial charge in [-0.15, -0.1) is 0 Å². The molecule has 1 saturated heterocycles. The highest BCUT2D eigenvalue weighted by Crippen LogP contribution is 2.31. The fourth-order valence-electron chi connectivity index (χ4n) is 2.95. The highest BCUT2D eigenvalue weighted by atomic mass is 16.6. The molecule has 1 aliphatic rings. The number of benzene rings is 1. The molecule has 1 aromatic heterocycles. The second kappa shape index (κ2) is 9.64. The molecule has 1 aromatic carbocycles. The van der Waals surface area contributed by atoms with Crippen LogP contribution in [-0.2, 0) is 9.53 Å². The van der Waals surface area contributed by atoms with E-state index < -0.39 is 10.8 Å². The van der Waals surface area contributed by atoms with E-state index in [1.165, 1.54) is 12.1 Å². The first kappa shape index (κ1) is 20.3. The van der Waals surface area contributed by atoms with Crippen LogP contribution >= 0.6 is 0 Å². The van der Waals surface area contributed by atoms with Crippen LogP contribution in [0.5, 0.6) is 0 Å². The van der Waals surface area contributed by atoms with E-state index in [4.69, 9.17) is 9.15 Å². The van der Waals surface area contributed by atoms with Crippen molar-refractivity contribution in [3.8, 4) is 17.4 Å². The first-order valence-electron chi connectivity index (χ1n) is 9.12. The summed E-state index contributed by atoms with van der Waals surface area (Å²) in [7, 11) is 0. The smallest absolute Gasteiger partial charge is 0.280 e. The van der Waals surface area contributed by atoms with Crippen LogP contribution in [0, 0.1) is 21.4 Å². The minimum absolute atomic E-state index is 0.0845. The molecule has 2 aromatic rings. The maximum atomic E-state index is 12.3. The first-order valence-corrected chi connectivity index (χ1v) is 9.12. The van der Waals surface area contributed by atoms with Gasteiger partial charge in [-0.2, -0.15) is 5.26 Å². The predicted octanol–water partition coefficient (Wildman–Crippen LogP) is 2.21. The topological polar surface area (TPSA) is 122 Å². The van der Waals surface area contributed by atoms with Crippen molar-refractivity contribution in [2.75, 3.05) is 39.4 Å². The summed E-state index contributed by atoms with van der Waals surface area (Å²) in [5, 5.41) is 23.2. The number of rotatable bonds is 7.